The molecule has 0 bridgehead atoms. The third-order valence-electron chi connectivity index (χ3n) is 1.81. The molecule has 0 spiro atoms. The summed E-state index contributed by atoms with van der Waals surface area (Å²) in [6.45, 7) is 3.58. The molecule has 0 amide bonds. The first-order valence-corrected chi connectivity index (χ1v) is 5.29. The van der Waals surface area contributed by atoms with Crippen LogP contribution in [-0.4, -0.2) is 19.8 Å². The van der Waals surface area contributed by atoms with Gasteiger partial charge in [0.05, 0.1) is 6.61 Å². The molecule has 0 fully saturated rings. The minimum atomic E-state index is 0.340. The molecule has 0 aliphatic rings. The van der Waals surface area contributed by atoms with Crippen LogP contribution in [0.3, 0.4) is 0 Å². The average Bonchev–Trinajstić information content (AvgIpc) is 2.63. The largest absolute Gasteiger partial charge is 0.383 e. The van der Waals surface area contributed by atoms with Crippen LogP contribution in [0.4, 0.5) is 0 Å². The number of ether oxygens (including phenoxy) is 1. The van der Waals surface area contributed by atoms with Gasteiger partial charge in [0.1, 0.15) is 10.9 Å². The molecule has 1 heterocycles. The van der Waals surface area contributed by atoms with Crippen molar-refractivity contribution in [1.82, 2.24) is 5.32 Å². The van der Waals surface area contributed by atoms with Crippen LogP contribution in [-0.2, 0) is 11.3 Å². The standard InChI is InChI=1S/C10H14N2OS/c1-8(7-13-2)12-6-10-4-3-9(5-11)14-10/h3-4,8,12H,6-7H2,1-2H3. The van der Waals surface area contributed by atoms with Gasteiger partial charge in [-0.25, -0.2) is 0 Å². The fourth-order valence-electron chi connectivity index (χ4n) is 1.12. The topological polar surface area (TPSA) is 45.0 Å². The van der Waals surface area contributed by atoms with E-state index in [9.17, 15) is 0 Å². The van der Waals surface area contributed by atoms with E-state index < -0.39 is 0 Å². The van der Waals surface area contributed by atoms with Crippen molar-refractivity contribution in [1.29, 1.82) is 5.26 Å². The van der Waals surface area contributed by atoms with Crippen molar-refractivity contribution in [3.05, 3.63) is 21.9 Å². The molecule has 1 unspecified atom stereocenters. The van der Waals surface area contributed by atoms with Crippen molar-refractivity contribution in [3.8, 4) is 6.07 Å². The Morgan fingerprint density at radius 2 is 2.43 bits per heavy atom. The first kappa shape index (κ1) is 11.2. The minimum Gasteiger partial charge on any atom is -0.383 e. The lowest BCUT2D eigenvalue weighted by molar-refractivity contribution is 0.172. The van der Waals surface area contributed by atoms with Crippen LogP contribution in [0.25, 0.3) is 0 Å². The zero-order chi connectivity index (χ0) is 10.4. The Morgan fingerprint density at radius 1 is 1.64 bits per heavy atom. The Balaban J connectivity index is 2.35. The van der Waals surface area contributed by atoms with E-state index in [1.54, 1.807) is 7.11 Å². The summed E-state index contributed by atoms with van der Waals surface area (Å²) in [7, 11) is 1.69. The Labute approximate surface area is 88.3 Å². The quantitative estimate of drug-likeness (QED) is 0.805. The van der Waals surface area contributed by atoms with Crippen LogP contribution in [0, 0.1) is 11.3 Å². The molecule has 14 heavy (non-hydrogen) atoms. The molecule has 0 aromatic carbocycles. The zero-order valence-corrected chi connectivity index (χ0v) is 9.23. The number of hydrogen-bond donors (Lipinski definition) is 1. The van der Waals surface area contributed by atoms with Crippen LogP contribution in [0.5, 0.6) is 0 Å². The van der Waals surface area contributed by atoms with Crippen molar-refractivity contribution in [2.45, 2.75) is 19.5 Å². The zero-order valence-electron chi connectivity index (χ0n) is 8.41. The van der Waals surface area contributed by atoms with Crippen molar-refractivity contribution in [2.24, 2.45) is 0 Å². The predicted octanol–water partition coefficient (Wildman–Crippen LogP) is 1.74. The molecule has 1 N–H and O–H groups in total. The van der Waals surface area contributed by atoms with Gasteiger partial charge in [-0.15, -0.1) is 11.3 Å². The van der Waals surface area contributed by atoms with Crippen LogP contribution in [0.1, 0.15) is 16.7 Å². The number of hydrogen-bond acceptors (Lipinski definition) is 4. The monoisotopic (exact) mass is 210 g/mol. The number of nitrogens with zero attached hydrogens (tertiary/aromatic N) is 1. The maximum absolute atomic E-state index is 8.63. The normalized spacial score (nSPS) is 12.4. The SMILES string of the molecule is COCC(C)NCc1ccc(C#N)s1. The highest BCUT2D eigenvalue weighted by Crippen LogP contribution is 2.14. The van der Waals surface area contributed by atoms with E-state index in [4.69, 9.17) is 10.00 Å². The van der Waals surface area contributed by atoms with Crippen LogP contribution in [0.2, 0.25) is 0 Å². The third kappa shape index (κ3) is 3.46. The second kappa shape index (κ2) is 5.76. The molecule has 0 aliphatic heterocycles. The minimum absolute atomic E-state index is 0.340. The fourth-order valence-corrected chi connectivity index (χ4v) is 1.87. The summed E-state index contributed by atoms with van der Waals surface area (Å²) in [6.07, 6.45) is 0. The van der Waals surface area contributed by atoms with Gasteiger partial charge in [-0.2, -0.15) is 5.26 Å². The number of nitriles is 1. The Bertz CT molecular complexity index is 316. The van der Waals surface area contributed by atoms with E-state index in [0.717, 1.165) is 11.4 Å². The number of methoxy groups -OCH3 is 1. The summed E-state index contributed by atoms with van der Waals surface area (Å²) in [5, 5.41) is 11.9. The molecule has 0 saturated carbocycles. The highest BCUT2D eigenvalue weighted by molar-refractivity contribution is 7.12. The Kier molecular flexibility index (Phi) is 4.60. The van der Waals surface area contributed by atoms with E-state index in [1.165, 1.54) is 16.2 Å². The van der Waals surface area contributed by atoms with E-state index in [1.807, 2.05) is 12.1 Å². The molecule has 1 rings (SSSR count). The molecular formula is C10H14N2OS. The van der Waals surface area contributed by atoms with E-state index >= 15 is 0 Å². The molecule has 4 heteroatoms. The molecule has 0 saturated heterocycles. The lowest BCUT2D eigenvalue weighted by atomic mass is 10.3. The van der Waals surface area contributed by atoms with Crippen molar-refractivity contribution in [3.63, 3.8) is 0 Å². The van der Waals surface area contributed by atoms with Gasteiger partial charge in [0, 0.05) is 24.6 Å². The second-order valence-corrected chi connectivity index (χ2v) is 4.28. The molecular weight excluding hydrogens is 196 g/mol. The first-order valence-electron chi connectivity index (χ1n) is 4.47. The van der Waals surface area contributed by atoms with Gasteiger partial charge in [-0.05, 0) is 19.1 Å². The Hall–Kier alpha value is -0.890. The van der Waals surface area contributed by atoms with E-state index in [-0.39, 0.29) is 0 Å². The van der Waals surface area contributed by atoms with Crippen molar-refractivity contribution in [2.75, 3.05) is 13.7 Å². The van der Waals surface area contributed by atoms with Crippen LogP contribution in [0.15, 0.2) is 12.1 Å². The summed E-state index contributed by atoms with van der Waals surface area (Å²) in [5.74, 6) is 0. The maximum atomic E-state index is 8.63. The van der Waals surface area contributed by atoms with Crippen LogP contribution >= 0.6 is 11.3 Å². The number of rotatable bonds is 5. The van der Waals surface area contributed by atoms with Gasteiger partial charge in [0.2, 0.25) is 0 Å². The second-order valence-electron chi connectivity index (χ2n) is 3.12. The molecule has 1 aromatic rings. The molecule has 1 atom stereocenters. The summed E-state index contributed by atoms with van der Waals surface area (Å²) in [6, 6.07) is 6.30. The third-order valence-corrected chi connectivity index (χ3v) is 2.80. The summed E-state index contributed by atoms with van der Waals surface area (Å²) in [5.41, 5.74) is 0. The van der Waals surface area contributed by atoms with Gasteiger partial charge in [-0.1, -0.05) is 0 Å². The van der Waals surface area contributed by atoms with Gasteiger partial charge >= 0.3 is 0 Å². The van der Waals surface area contributed by atoms with Gasteiger partial charge in [-0.3, -0.25) is 0 Å². The highest BCUT2D eigenvalue weighted by atomic mass is 32.1. The average molecular weight is 210 g/mol. The van der Waals surface area contributed by atoms with E-state index in [2.05, 4.69) is 18.3 Å². The fraction of sp³-hybridized carbons (Fsp3) is 0.500. The summed E-state index contributed by atoms with van der Waals surface area (Å²) >= 11 is 1.53. The number of thiophene rings is 1. The summed E-state index contributed by atoms with van der Waals surface area (Å²) in [4.78, 5) is 1.95. The molecule has 0 radical (unpaired) electrons. The van der Waals surface area contributed by atoms with E-state index in [0.29, 0.717) is 12.6 Å². The van der Waals surface area contributed by atoms with Crippen molar-refractivity contribution < 1.29 is 4.74 Å². The Morgan fingerprint density at radius 3 is 3.00 bits per heavy atom. The molecule has 1 aromatic heterocycles. The van der Waals surface area contributed by atoms with Gasteiger partial charge < -0.3 is 10.1 Å². The first-order chi connectivity index (χ1) is 6.76. The van der Waals surface area contributed by atoms with Gasteiger partial charge in [0.15, 0.2) is 0 Å². The molecule has 3 nitrogen and oxygen atoms in total. The lowest BCUT2D eigenvalue weighted by Gasteiger charge is -2.11. The maximum Gasteiger partial charge on any atom is 0.110 e. The predicted molar refractivity (Wildman–Crippen MR) is 57.2 cm³/mol. The smallest absolute Gasteiger partial charge is 0.110 e. The van der Waals surface area contributed by atoms with Gasteiger partial charge in [0.25, 0.3) is 0 Å². The summed E-state index contributed by atoms with van der Waals surface area (Å²) < 4.78 is 5.01. The lowest BCUT2D eigenvalue weighted by Crippen LogP contribution is -2.29. The molecule has 76 valence electrons. The highest BCUT2D eigenvalue weighted by Gasteiger charge is 2.02. The van der Waals surface area contributed by atoms with Crippen molar-refractivity contribution >= 4 is 11.3 Å². The molecule has 0 aliphatic carbocycles. The van der Waals surface area contributed by atoms with Crippen LogP contribution < -0.4 is 5.32 Å². The number of nitrogens with one attached hydrogen (secondary N) is 1.